The number of primary amides is 1. The Morgan fingerprint density at radius 1 is 1.14 bits per heavy atom. The third kappa shape index (κ3) is 3.04. The third-order valence-corrected chi connectivity index (χ3v) is 6.92. The van der Waals surface area contributed by atoms with E-state index in [0.29, 0.717) is 11.6 Å². The summed E-state index contributed by atoms with van der Waals surface area (Å²) in [4.78, 5) is 20.9. The second-order valence-electron chi connectivity index (χ2n) is 7.46. The molecule has 5 nitrogen and oxygen atoms in total. The van der Waals surface area contributed by atoms with Crippen LogP contribution in [0.4, 0.5) is 9.52 Å². The first-order valence-electron chi connectivity index (χ1n) is 9.56. The Kier molecular flexibility index (Phi) is 4.29. The number of aromatic nitrogens is 1. The van der Waals surface area contributed by atoms with Gasteiger partial charge in [0.15, 0.2) is 5.13 Å². The van der Waals surface area contributed by atoms with Crippen LogP contribution in [0.15, 0.2) is 36.4 Å². The largest absolute Gasteiger partial charge is 0.366 e. The minimum atomic E-state index is -0.418. The van der Waals surface area contributed by atoms with Crippen molar-refractivity contribution < 1.29 is 9.18 Å². The fourth-order valence-electron chi connectivity index (χ4n) is 4.36. The molecule has 1 aliphatic carbocycles. The zero-order valence-electron chi connectivity index (χ0n) is 15.4. The number of benzene rings is 2. The van der Waals surface area contributed by atoms with Crippen molar-refractivity contribution in [2.24, 2.45) is 5.73 Å². The minimum absolute atomic E-state index is 0.144. The summed E-state index contributed by atoms with van der Waals surface area (Å²) in [6.07, 6.45) is 2.09. The van der Waals surface area contributed by atoms with Gasteiger partial charge in [-0.2, -0.15) is 0 Å². The molecule has 2 aromatic carbocycles. The molecule has 5 rings (SSSR count). The van der Waals surface area contributed by atoms with E-state index < -0.39 is 5.91 Å². The molecule has 0 saturated carbocycles. The van der Waals surface area contributed by atoms with E-state index in [9.17, 15) is 9.18 Å². The van der Waals surface area contributed by atoms with E-state index in [-0.39, 0.29) is 5.82 Å². The summed E-state index contributed by atoms with van der Waals surface area (Å²) in [5, 5.41) is 0.981. The first kappa shape index (κ1) is 17.6. The molecule has 1 aromatic heterocycles. The molecule has 1 unspecified atom stereocenters. The number of carbonyl (C=O) groups excluding carboxylic acids is 1. The van der Waals surface area contributed by atoms with Crippen molar-refractivity contribution in [3.05, 3.63) is 58.9 Å². The third-order valence-electron chi connectivity index (χ3n) is 5.84. The van der Waals surface area contributed by atoms with Gasteiger partial charge in [0.25, 0.3) is 0 Å². The molecule has 2 aliphatic rings. The molecule has 3 aromatic rings. The van der Waals surface area contributed by atoms with Crippen molar-refractivity contribution in [1.29, 1.82) is 0 Å². The molecule has 2 N–H and O–H groups in total. The minimum Gasteiger partial charge on any atom is -0.366 e. The van der Waals surface area contributed by atoms with Crippen molar-refractivity contribution >= 4 is 32.6 Å². The van der Waals surface area contributed by atoms with Crippen LogP contribution < -0.4 is 10.6 Å². The zero-order chi connectivity index (χ0) is 19.3. The zero-order valence-corrected chi connectivity index (χ0v) is 16.2. The highest BCUT2D eigenvalue weighted by Gasteiger charge is 2.31. The fourth-order valence-corrected chi connectivity index (χ4v) is 5.41. The quantitative estimate of drug-likeness (QED) is 0.738. The van der Waals surface area contributed by atoms with E-state index in [1.807, 2.05) is 18.2 Å². The van der Waals surface area contributed by atoms with Gasteiger partial charge in [0, 0.05) is 37.8 Å². The molecular weight excluding hydrogens is 375 g/mol. The van der Waals surface area contributed by atoms with Crippen molar-refractivity contribution in [2.45, 2.75) is 18.9 Å². The maximum Gasteiger partial charge on any atom is 0.248 e. The average Bonchev–Trinajstić information content (AvgIpc) is 3.31. The highest BCUT2D eigenvalue weighted by molar-refractivity contribution is 7.22. The van der Waals surface area contributed by atoms with Gasteiger partial charge in [-0.3, -0.25) is 9.69 Å². The summed E-state index contributed by atoms with van der Waals surface area (Å²) in [6, 6.07) is 10.9. The van der Waals surface area contributed by atoms with Gasteiger partial charge >= 0.3 is 0 Å². The lowest BCUT2D eigenvalue weighted by molar-refractivity contribution is 0.100. The molecule has 0 radical (unpaired) electrons. The molecule has 0 bridgehead atoms. The Bertz CT molecular complexity index is 1060. The Hall–Kier alpha value is -2.51. The number of aryl methyl sites for hydroxylation is 1. The Morgan fingerprint density at radius 3 is 2.75 bits per heavy atom. The number of thiazole rings is 1. The smallest absolute Gasteiger partial charge is 0.248 e. The van der Waals surface area contributed by atoms with Crippen molar-refractivity contribution in [3.63, 3.8) is 0 Å². The SMILES string of the molecule is NC(=O)c1ccc2nc(N3CCN(C4CCc5ccc(F)cc54)CC3)sc2c1. The second kappa shape index (κ2) is 6.83. The molecule has 1 fully saturated rings. The van der Waals surface area contributed by atoms with Gasteiger partial charge in [-0.25, -0.2) is 9.37 Å². The van der Waals surface area contributed by atoms with Crippen LogP contribution in [0.2, 0.25) is 0 Å². The van der Waals surface area contributed by atoms with Gasteiger partial charge in [-0.05, 0) is 54.3 Å². The Labute approximate surface area is 166 Å². The molecule has 2 heterocycles. The first-order valence-corrected chi connectivity index (χ1v) is 10.4. The molecule has 28 heavy (non-hydrogen) atoms. The standard InChI is InChI=1S/C21H21FN4OS/c22-15-4-1-13-3-6-18(16(13)12-15)25-7-9-26(10-8-25)21-24-17-5-2-14(20(23)27)11-19(17)28-21/h1-2,4-5,11-12,18H,3,6-10H2,(H2,23,27). The van der Waals surface area contributed by atoms with Crippen LogP contribution in [0.25, 0.3) is 10.2 Å². The molecular formula is C21H21FN4OS. The van der Waals surface area contributed by atoms with Crippen LogP contribution >= 0.6 is 11.3 Å². The molecule has 1 saturated heterocycles. The highest BCUT2D eigenvalue weighted by Crippen LogP contribution is 2.37. The number of carbonyl (C=O) groups is 1. The number of hydrogen-bond donors (Lipinski definition) is 1. The van der Waals surface area contributed by atoms with Crippen LogP contribution in [-0.4, -0.2) is 42.0 Å². The van der Waals surface area contributed by atoms with E-state index >= 15 is 0 Å². The number of anilines is 1. The summed E-state index contributed by atoms with van der Waals surface area (Å²) in [7, 11) is 0. The maximum atomic E-state index is 13.7. The van der Waals surface area contributed by atoms with Gasteiger partial charge in [-0.1, -0.05) is 17.4 Å². The predicted octanol–water partition coefficient (Wildman–Crippen LogP) is 3.34. The molecule has 1 atom stereocenters. The lowest BCUT2D eigenvalue weighted by Gasteiger charge is -2.38. The number of piperazine rings is 1. The van der Waals surface area contributed by atoms with Gasteiger partial charge in [-0.15, -0.1) is 0 Å². The summed E-state index contributed by atoms with van der Waals surface area (Å²) in [6.45, 7) is 3.65. The molecule has 1 amide bonds. The van der Waals surface area contributed by atoms with Crippen LogP contribution in [0.1, 0.15) is 33.9 Å². The number of rotatable bonds is 3. The topological polar surface area (TPSA) is 62.5 Å². The van der Waals surface area contributed by atoms with Gasteiger partial charge in [0.1, 0.15) is 5.82 Å². The van der Waals surface area contributed by atoms with E-state index in [2.05, 4.69) is 9.80 Å². The van der Waals surface area contributed by atoms with E-state index in [0.717, 1.165) is 59.9 Å². The number of nitrogens with zero attached hydrogens (tertiary/aromatic N) is 3. The van der Waals surface area contributed by atoms with Gasteiger partial charge in [0.05, 0.1) is 10.2 Å². The monoisotopic (exact) mass is 396 g/mol. The fraction of sp³-hybridized carbons (Fsp3) is 0.333. The first-order chi connectivity index (χ1) is 13.6. The molecule has 7 heteroatoms. The van der Waals surface area contributed by atoms with Crippen molar-refractivity contribution in [1.82, 2.24) is 9.88 Å². The number of amides is 1. The second-order valence-corrected chi connectivity index (χ2v) is 8.47. The van der Waals surface area contributed by atoms with Crippen LogP contribution in [0.5, 0.6) is 0 Å². The lowest BCUT2D eigenvalue weighted by atomic mass is 10.1. The Balaban J connectivity index is 1.31. The van der Waals surface area contributed by atoms with E-state index in [1.165, 1.54) is 5.56 Å². The van der Waals surface area contributed by atoms with Crippen molar-refractivity contribution in [2.75, 3.05) is 31.1 Å². The van der Waals surface area contributed by atoms with Crippen LogP contribution in [0, 0.1) is 5.82 Å². The number of fused-ring (bicyclic) bond motifs is 2. The summed E-state index contributed by atoms with van der Waals surface area (Å²) >= 11 is 1.60. The summed E-state index contributed by atoms with van der Waals surface area (Å²) < 4.78 is 14.7. The number of nitrogens with two attached hydrogens (primary N) is 1. The van der Waals surface area contributed by atoms with E-state index in [4.69, 9.17) is 10.7 Å². The highest BCUT2D eigenvalue weighted by atomic mass is 32.1. The predicted molar refractivity (Wildman–Crippen MR) is 109 cm³/mol. The van der Waals surface area contributed by atoms with Crippen LogP contribution in [0.3, 0.4) is 0 Å². The van der Waals surface area contributed by atoms with E-state index in [1.54, 1.807) is 29.5 Å². The average molecular weight is 396 g/mol. The number of hydrogen-bond acceptors (Lipinski definition) is 5. The lowest BCUT2D eigenvalue weighted by Crippen LogP contribution is -2.47. The van der Waals surface area contributed by atoms with Crippen molar-refractivity contribution in [3.8, 4) is 0 Å². The van der Waals surface area contributed by atoms with Gasteiger partial charge in [0.2, 0.25) is 5.91 Å². The molecule has 0 spiro atoms. The Morgan fingerprint density at radius 2 is 1.96 bits per heavy atom. The van der Waals surface area contributed by atoms with Gasteiger partial charge < -0.3 is 10.6 Å². The maximum absolute atomic E-state index is 13.7. The summed E-state index contributed by atoms with van der Waals surface area (Å²) in [5.41, 5.74) is 9.23. The normalized spacial score (nSPS) is 19.9. The molecule has 1 aliphatic heterocycles. The van der Waals surface area contributed by atoms with Crippen LogP contribution in [-0.2, 0) is 6.42 Å². The summed E-state index contributed by atoms with van der Waals surface area (Å²) in [5.74, 6) is -0.562. The molecule has 144 valence electrons. The number of halogens is 1.